The highest BCUT2D eigenvalue weighted by atomic mass is 35.5. The van der Waals surface area contributed by atoms with Crippen LogP contribution in [0.5, 0.6) is 5.75 Å². The van der Waals surface area contributed by atoms with Gasteiger partial charge in [-0.1, -0.05) is 23.7 Å². The van der Waals surface area contributed by atoms with Gasteiger partial charge in [0.25, 0.3) is 0 Å². The number of hydrogen-bond donors (Lipinski definition) is 1. The molecule has 0 saturated carbocycles. The molecule has 0 atom stereocenters. The quantitative estimate of drug-likeness (QED) is 0.784. The van der Waals surface area contributed by atoms with E-state index in [4.69, 9.17) is 22.1 Å². The van der Waals surface area contributed by atoms with Crippen molar-refractivity contribution in [1.82, 2.24) is 9.55 Å². The predicted molar refractivity (Wildman–Crippen MR) is 81.8 cm³/mol. The van der Waals surface area contributed by atoms with Gasteiger partial charge in [-0.3, -0.25) is 4.57 Å². The molecular weight excluding hydrogens is 274 g/mol. The highest BCUT2D eigenvalue weighted by Gasteiger charge is 2.14. The fraction of sp³-hybridized carbons (Fsp3) is 0.133. The molecule has 1 heterocycles. The molecule has 2 N–H and O–H groups in total. The average molecular weight is 288 g/mol. The Hall–Kier alpha value is -2.20. The molecule has 3 rings (SSSR count). The standard InChI is InChI=1S/C15H14ClN3O/c1-9-4-3-5-12-14(9)19(15(17)18-12)13-8-10(20-2)6-7-11(13)16/h3-8H,1-2H3,(H2,17,18). The summed E-state index contributed by atoms with van der Waals surface area (Å²) in [7, 11) is 1.62. The number of nitrogens with zero attached hydrogens (tertiary/aromatic N) is 2. The number of aryl methyl sites for hydroxylation is 1. The van der Waals surface area contributed by atoms with Crippen molar-refractivity contribution in [2.75, 3.05) is 12.8 Å². The van der Waals surface area contributed by atoms with E-state index in [1.807, 2.05) is 41.8 Å². The smallest absolute Gasteiger partial charge is 0.205 e. The van der Waals surface area contributed by atoms with E-state index in [0.717, 1.165) is 28.0 Å². The number of nitrogens with two attached hydrogens (primary N) is 1. The summed E-state index contributed by atoms with van der Waals surface area (Å²) in [5.74, 6) is 1.13. The number of nitrogen functional groups attached to an aromatic ring is 1. The molecule has 0 radical (unpaired) electrons. The summed E-state index contributed by atoms with van der Waals surface area (Å²) in [6.07, 6.45) is 0. The summed E-state index contributed by atoms with van der Waals surface area (Å²) < 4.78 is 7.11. The van der Waals surface area contributed by atoms with Crippen LogP contribution < -0.4 is 10.5 Å². The third-order valence-corrected chi connectivity index (χ3v) is 3.62. The Balaban J connectivity index is 2.37. The number of rotatable bonds is 2. The van der Waals surface area contributed by atoms with Gasteiger partial charge in [0.15, 0.2) is 0 Å². The second-order valence-corrected chi connectivity index (χ2v) is 4.97. The fourth-order valence-electron chi connectivity index (χ4n) is 2.35. The molecule has 20 heavy (non-hydrogen) atoms. The van der Waals surface area contributed by atoms with Gasteiger partial charge in [-0.2, -0.15) is 0 Å². The number of methoxy groups -OCH3 is 1. The topological polar surface area (TPSA) is 53.1 Å². The minimum absolute atomic E-state index is 0.407. The number of hydrogen-bond acceptors (Lipinski definition) is 3. The molecule has 2 aromatic carbocycles. The molecule has 5 heteroatoms. The summed E-state index contributed by atoms with van der Waals surface area (Å²) in [5, 5.41) is 0.597. The number of imidazole rings is 1. The third kappa shape index (κ3) is 1.89. The second-order valence-electron chi connectivity index (χ2n) is 4.57. The maximum Gasteiger partial charge on any atom is 0.205 e. The molecule has 0 spiro atoms. The minimum Gasteiger partial charge on any atom is -0.497 e. The van der Waals surface area contributed by atoms with E-state index in [-0.39, 0.29) is 0 Å². The zero-order valence-electron chi connectivity index (χ0n) is 11.2. The van der Waals surface area contributed by atoms with Crippen molar-refractivity contribution in [3.63, 3.8) is 0 Å². The van der Waals surface area contributed by atoms with Gasteiger partial charge >= 0.3 is 0 Å². The van der Waals surface area contributed by atoms with Crippen molar-refractivity contribution in [3.8, 4) is 11.4 Å². The fourth-order valence-corrected chi connectivity index (χ4v) is 2.55. The van der Waals surface area contributed by atoms with Gasteiger partial charge in [-0.15, -0.1) is 0 Å². The molecule has 0 aliphatic rings. The van der Waals surface area contributed by atoms with E-state index < -0.39 is 0 Å². The summed E-state index contributed by atoms with van der Waals surface area (Å²) in [6.45, 7) is 2.02. The number of anilines is 1. The largest absolute Gasteiger partial charge is 0.497 e. The van der Waals surface area contributed by atoms with E-state index in [0.29, 0.717) is 11.0 Å². The lowest BCUT2D eigenvalue weighted by Gasteiger charge is -2.11. The van der Waals surface area contributed by atoms with Crippen LogP contribution in [-0.4, -0.2) is 16.7 Å². The monoisotopic (exact) mass is 287 g/mol. The molecule has 1 aromatic heterocycles. The van der Waals surface area contributed by atoms with E-state index in [1.165, 1.54) is 0 Å². The van der Waals surface area contributed by atoms with E-state index >= 15 is 0 Å². The van der Waals surface area contributed by atoms with Gasteiger partial charge in [0.05, 0.1) is 28.9 Å². The summed E-state index contributed by atoms with van der Waals surface area (Å²) >= 11 is 6.31. The number of aromatic nitrogens is 2. The Bertz CT molecular complexity index is 795. The van der Waals surface area contributed by atoms with Crippen LogP contribution >= 0.6 is 11.6 Å². The van der Waals surface area contributed by atoms with Crippen molar-refractivity contribution < 1.29 is 4.74 Å². The maximum absolute atomic E-state index is 6.31. The van der Waals surface area contributed by atoms with E-state index in [9.17, 15) is 0 Å². The third-order valence-electron chi connectivity index (χ3n) is 3.30. The summed E-state index contributed by atoms with van der Waals surface area (Å²) in [6, 6.07) is 11.4. The van der Waals surface area contributed by atoms with E-state index in [2.05, 4.69) is 4.98 Å². The molecule has 4 nitrogen and oxygen atoms in total. The van der Waals surface area contributed by atoms with Crippen molar-refractivity contribution in [3.05, 3.63) is 47.0 Å². The predicted octanol–water partition coefficient (Wildman–Crippen LogP) is 3.58. The molecule has 3 aromatic rings. The Labute approximate surface area is 121 Å². The van der Waals surface area contributed by atoms with Gasteiger partial charge in [-0.25, -0.2) is 4.98 Å². The first-order valence-corrected chi connectivity index (χ1v) is 6.57. The zero-order chi connectivity index (χ0) is 14.3. The molecule has 0 fully saturated rings. The van der Waals surface area contributed by atoms with Crippen molar-refractivity contribution in [2.45, 2.75) is 6.92 Å². The van der Waals surface area contributed by atoms with Crippen molar-refractivity contribution in [1.29, 1.82) is 0 Å². The molecule has 0 aliphatic carbocycles. The summed E-state index contributed by atoms with van der Waals surface area (Å²) in [5.41, 5.74) is 9.73. The number of halogens is 1. The van der Waals surface area contributed by atoms with Gasteiger partial charge in [0.2, 0.25) is 5.95 Å². The normalized spacial score (nSPS) is 10.9. The van der Waals surface area contributed by atoms with Crippen LogP contribution in [0, 0.1) is 6.92 Å². The molecule has 0 amide bonds. The molecule has 0 aliphatic heterocycles. The number of ether oxygens (including phenoxy) is 1. The number of para-hydroxylation sites is 1. The van der Waals surface area contributed by atoms with Gasteiger partial charge in [0, 0.05) is 6.07 Å². The van der Waals surface area contributed by atoms with Crippen LogP contribution in [0.4, 0.5) is 5.95 Å². The van der Waals surface area contributed by atoms with Crippen LogP contribution in [0.15, 0.2) is 36.4 Å². The van der Waals surface area contributed by atoms with E-state index in [1.54, 1.807) is 13.2 Å². The first-order chi connectivity index (χ1) is 9.61. The maximum atomic E-state index is 6.31. The highest BCUT2D eigenvalue weighted by molar-refractivity contribution is 6.32. The van der Waals surface area contributed by atoms with Crippen LogP contribution in [-0.2, 0) is 0 Å². The van der Waals surface area contributed by atoms with Crippen LogP contribution in [0.3, 0.4) is 0 Å². The number of benzene rings is 2. The van der Waals surface area contributed by atoms with Crippen molar-refractivity contribution >= 4 is 28.6 Å². The average Bonchev–Trinajstić information content (AvgIpc) is 2.77. The molecule has 102 valence electrons. The van der Waals surface area contributed by atoms with Gasteiger partial charge < -0.3 is 10.5 Å². The SMILES string of the molecule is COc1ccc(Cl)c(-n2c(N)nc3cccc(C)c32)c1. The van der Waals surface area contributed by atoms with Crippen LogP contribution in [0.1, 0.15) is 5.56 Å². The van der Waals surface area contributed by atoms with Crippen molar-refractivity contribution in [2.24, 2.45) is 0 Å². The van der Waals surface area contributed by atoms with Crippen LogP contribution in [0.2, 0.25) is 5.02 Å². The Morgan fingerprint density at radius 2 is 2.05 bits per heavy atom. The highest BCUT2D eigenvalue weighted by Crippen LogP contribution is 2.32. The summed E-state index contributed by atoms with van der Waals surface area (Å²) in [4.78, 5) is 4.39. The Kier molecular flexibility index (Phi) is 3.03. The molecule has 0 unspecified atom stereocenters. The molecular formula is C15H14ClN3O. The zero-order valence-corrected chi connectivity index (χ0v) is 12.0. The minimum atomic E-state index is 0.407. The van der Waals surface area contributed by atoms with Gasteiger partial charge in [0.1, 0.15) is 5.75 Å². The number of fused-ring (bicyclic) bond motifs is 1. The van der Waals surface area contributed by atoms with Crippen LogP contribution in [0.25, 0.3) is 16.7 Å². The Morgan fingerprint density at radius 3 is 2.80 bits per heavy atom. The van der Waals surface area contributed by atoms with Gasteiger partial charge in [-0.05, 0) is 30.7 Å². The first kappa shape index (κ1) is 12.8. The first-order valence-electron chi connectivity index (χ1n) is 6.19. The molecule has 0 saturated heterocycles. The Morgan fingerprint density at radius 1 is 1.25 bits per heavy atom. The second kappa shape index (κ2) is 4.72. The lowest BCUT2D eigenvalue weighted by molar-refractivity contribution is 0.414. The lowest BCUT2D eigenvalue weighted by Crippen LogP contribution is -2.02. The lowest BCUT2D eigenvalue weighted by atomic mass is 10.2. The molecule has 0 bridgehead atoms.